The molecule has 0 radical (unpaired) electrons. The molecule has 11 N–H and O–H groups in total. The van der Waals surface area contributed by atoms with Crippen molar-refractivity contribution in [1.82, 2.24) is 9.97 Å². The molecule has 0 bridgehead atoms. The Morgan fingerprint density at radius 2 is 1.77 bits per heavy atom. The fourth-order valence-electron chi connectivity index (χ4n) is 3.14. The second-order valence-corrected chi connectivity index (χ2v) is 7.16. The van der Waals surface area contributed by atoms with Crippen LogP contribution >= 0.6 is 0 Å². The van der Waals surface area contributed by atoms with Crippen molar-refractivity contribution < 1.29 is 19.1 Å². The summed E-state index contributed by atoms with van der Waals surface area (Å²) in [4.78, 5) is 36.3. The summed E-state index contributed by atoms with van der Waals surface area (Å²) in [5.74, 6) is -0.934. The number of guanidine groups is 1. The number of fused-ring (bicyclic) bond motifs is 1. The summed E-state index contributed by atoms with van der Waals surface area (Å²) in [5.41, 5.74) is 22.5. The monoisotopic (exact) mass is 476 g/mol. The highest BCUT2D eigenvalue weighted by molar-refractivity contribution is 6.07. The van der Waals surface area contributed by atoms with Gasteiger partial charge in [-0.05, 0) is 30.3 Å². The number of aromatic nitrogens is 2. The van der Waals surface area contributed by atoms with E-state index >= 15 is 0 Å². The first-order valence-corrected chi connectivity index (χ1v) is 9.99. The topological polar surface area (TPSA) is 243 Å². The number of benzene rings is 2. The number of carbonyl (C=O) groups is 2. The molecule has 1 aliphatic heterocycles. The van der Waals surface area contributed by atoms with Crippen LogP contribution in [0.1, 0.15) is 15.9 Å². The molecule has 0 atom stereocenters. The van der Waals surface area contributed by atoms with Gasteiger partial charge in [0.2, 0.25) is 11.8 Å². The number of nitrogens with one attached hydrogen (secondary N) is 3. The minimum Gasteiger partial charge on any atom is -0.437 e. The second kappa shape index (κ2) is 9.22. The third kappa shape index (κ3) is 5.16. The number of carbonyl (C=O) groups excluding carboxylic acids is 2. The van der Waals surface area contributed by atoms with Crippen LogP contribution in [0.25, 0.3) is 0 Å². The van der Waals surface area contributed by atoms with Crippen molar-refractivity contribution in [3.8, 4) is 23.4 Å². The van der Waals surface area contributed by atoms with Gasteiger partial charge in [0.15, 0.2) is 11.8 Å². The zero-order chi connectivity index (χ0) is 25.1. The Morgan fingerprint density at radius 3 is 2.49 bits per heavy atom. The van der Waals surface area contributed by atoms with Gasteiger partial charge in [0.1, 0.15) is 23.0 Å². The van der Waals surface area contributed by atoms with Crippen molar-refractivity contribution in [3.05, 3.63) is 53.6 Å². The molecule has 2 aromatic carbocycles. The highest BCUT2D eigenvalue weighted by Crippen LogP contribution is 2.37. The van der Waals surface area contributed by atoms with Gasteiger partial charge in [0, 0.05) is 11.6 Å². The van der Waals surface area contributed by atoms with Gasteiger partial charge >= 0.3 is 6.01 Å². The maximum absolute atomic E-state index is 11.9. The molecule has 3 aromatic rings. The zero-order valence-electron chi connectivity index (χ0n) is 18.0. The summed E-state index contributed by atoms with van der Waals surface area (Å²) in [5, 5.41) is 13.1. The van der Waals surface area contributed by atoms with Gasteiger partial charge in [0.25, 0.3) is 5.88 Å². The van der Waals surface area contributed by atoms with Gasteiger partial charge in [-0.2, -0.15) is 9.97 Å². The van der Waals surface area contributed by atoms with Crippen LogP contribution in [-0.2, 0) is 4.79 Å². The largest absolute Gasteiger partial charge is 0.437 e. The van der Waals surface area contributed by atoms with Crippen LogP contribution in [0, 0.1) is 5.41 Å². The number of anilines is 2. The van der Waals surface area contributed by atoms with Crippen molar-refractivity contribution in [2.75, 3.05) is 17.2 Å². The lowest BCUT2D eigenvalue weighted by Gasteiger charge is -2.20. The van der Waals surface area contributed by atoms with E-state index in [-0.39, 0.29) is 64.5 Å². The third-order valence-corrected chi connectivity index (χ3v) is 4.58. The SMILES string of the molecule is N=C(N)c1ccc(Oc2nc(Oc3cccc(N=C(N)N)c3)nc3c2NC(=O)CN3)cc1C(N)=O. The number of nitrogen functional groups attached to an aromatic ring is 1. The number of hydrogen-bond acceptors (Lipinski definition) is 9. The molecule has 0 fully saturated rings. The molecular weight excluding hydrogens is 456 g/mol. The minimum absolute atomic E-state index is 0.0203. The van der Waals surface area contributed by atoms with E-state index in [2.05, 4.69) is 25.6 Å². The van der Waals surface area contributed by atoms with Gasteiger partial charge < -0.3 is 43.0 Å². The number of primary amides is 1. The van der Waals surface area contributed by atoms with E-state index in [1.165, 1.54) is 18.2 Å². The Labute approximate surface area is 197 Å². The first-order chi connectivity index (χ1) is 16.7. The molecule has 178 valence electrons. The molecule has 4 rings (SSSR count). The van der Waals surface area contributed by atoms with E-state index in [1.54, 1.807) is 24.3 Å². The van der Waals surface area contributed by atoms with Crippen LogP contribution in [0.4, 0.5) is 17.2 Å². The molecule has 2 heterocycles. The predicted molar refractivity (Wildman–Crippen MR) is 127 cm³/mol. The third-order valence-electron chi connectivity index (χ3n) is 4.58. The van der Waals surface area contributed by atoms with E-state index < -0.39 is 5.91 Å². The molecule has 0 unspecified atom stereocenters. The fourth-order valence-corrected chi connectivity index (χ4v) is 3.14. The van der Waals surface area contributed by atoms with E-state index in [1.807, 2.05) is 0 Å². The number of nitrogens with zero attached hydrogens (tertiary/aromatic N) is 3. The molecule has 0 aliphatic carbocycles. The smallest absolute Gasteiger partial charge is 0.327 e. The highest BCUT2D eigenvalue weighted by Gasteiger charge is 2.24. The van der Waals surface area contributed by atoms with Gasteiger partial charge in [-0.1, -0.05) is 6.07 Å². The number of ether oxygens (including phenoxy) is 2. The van der Waals surface area contributed by atoms with Crippen LogP contribution < -0.4 is 43.0 Å². The van der Waals surface area contributed by atoms with Crippen molar-refractivity contribution in [1.29, 1.82) is 5.41 Å². The Bertz CT molecular complexity index is 1380. The maximum atomic E-state index is 11.9. The average molecular weight is 476 g/mol. The van der Waals surface area contributed by atoms with Crippen molar-refractivity contribution >= 4 is 40.8 Å². The summed E-state index contributed by atoms with van der Waals surface area (Å²) in [6.07, 6.45) is 0. The van der Waals surface area contributed by atoms with Gasteiger partial charge in [-0.3, -0.25) is 15.0 Å². The molecule has 35 heavy (non-hydrogen) atoms. The first-order valence-electron chi connectivity index (χ1n) is 9.99. The predicted octanol–water partition coefficient (Wildman–Crippen LogP) is 0.713. The van der Waals surface area contributed by atoms with E-state index in [4.69, 9.17) is 37.8 Å². The number of aliphatic imine (C=N–C) groups is 1. The standard InChI is InChI=1S/C21H20N10O4/c22-16(23)12-5-4-11(7-13(12)17(24)33)34-19-15-18(27-8-14(32)29-15)30-21(31-19)35-10-3-1-2-9(6-10)28-20(25)26/h1-7H,8H2,(H3,22,23)(H2,24,33)(H,29,32)(H4,25,26,28)(H,27,30,31). The quantitative estimate of drug-likeness (QED) is 0.186. The summed E-state index contributed by atoms with van der Waals surface area (Å²) < 4.78 is 11.6. The summed E-state index contributed by atoms with van der Waals surface area (Å²) in [7, 11) is 0. The number of amidine groups is 1. The van der Waals surface area contributed by atoms with Crippen molar-refractivity contribution in [2.24, 2.45) is 27.9 Å². The van der Waals surface area contributed by atoms with Crippen molar-refractivity contribution in [3.63, 3.8) is 0 Å². The number of nitrogens with two attached hydrogens (primary N) is 4. The van der Waals surface area contributed by atoms with Crippen LogP contribution in [-0.4, -0.2) is 40.1 Å². The van der Waals surface area contributed by atoms with E-state index in [0.717, 1.165) is 0 Å². The second-order valence-electron chi connectivity index (χ2n) is 7.16. The number of rotatable bonds is 7. The normalized spacial score (nSPS) is 11.9. The Kier molecular flexibility index (Phi) is 6.00. The van der Waals surface area contributed by atoms with E-state index in [0.29, 0.717) is 11.4 Å². The minimum atomic E-state index is -0.801. The van der Waals surface area contributed by atoms with Gasteiger partial charge in [-0.25, -0.2) is 4.99 Å². The zero-order valence-corrected chi connectivity index (χ0v) is 18.0. The van der Waals surface area contributed by atoms with Crippen LogP contribution in [0.3, 0.4) is 0 Å². The fraction of sp³-hybridized carbons (Fsp3) is 0.0476. The van der Waals surface area contributed by atoms with Crippen molar-refractivity contribution in [2.45, 2.75) is 0 Å². The number of hydrogen-bond donors (Lipinski definition) is 7. The van der Waals surface area contributed by atoms with Gasteiger partial charge in [0.05, 0.1) is 17.8 Å². The summed E-state index contributed by atoms with van der Waals surface area (Å²) in [6, 6.07) is 10.6. The van der Waals surface area contributed by atoms with Crippen LogP contribution in [0.15, 0.2) is 47.5 Å². The molecular formula is C21H20N10O4. The average Bonchev–Trinajstić information content (AvgIpc) is 2.79. The summed E-state index contributed by atoms with van der Waals surface area (Å²) in [6.45, 7) is -0.0258. The lowest BCUT2D eigenvalue weighted by atomic mass is 10.1. The summed E-state index contributed by atoms with van der Waals surface area (Å²) >= 11 is 0. The first kappa shape index (κ1) is 22.8. The Hall–Kier alpha value is -5.40. The molecule has 0 spiro atoms. The molecule has 1 aliphatic rings. The molecule has 14 heteroatoms. The molecule has 0 saturated heterocycles. The number of amides is 2. The molecule has 1 aromatic heterocycles. The lowest BCUT2D eigenvalue weighted by molar-refractivity contribution is -0.114. The molecule has 14 nitrogen and oxygen atoms in total. The van der Waals surface area contributed by atoms with Gasteiger partial charge in [-0.15, -0.1) is 0 Å². The maximum Gasteiger partial charge on any atom is 0.327 e. The van der Waals surface area contributed by atoms with Crippen LogP contribution in [0.2, 0.25) is 0 Å². The Balaban J connectivity index is 1.72. The van der Waals surface area contributed by atoms with Crippen LogP contribution in [0.5, 0.6) is 23.4 Å². The lowest BCUT2D eigenvalue weighted by Crippen LogP contribution is -2.28. The van der Waals surface area contributed by atoms with E-state index in [9.17, 15) is 9.59 Å². The molecule has 0 saturated carbocycles. The molecule has 2 amide bonds. The Morgan fingerprint density at radius 1 is 1.00 bits per heavy atom. The highest BCUT2D eigenvalue weighted by atomic mass is 16.5.